The van der Waals surface area contributed by atoms with Crippen LogP contribution in [0.25, 0.3) is 5.57 Å². The summed E-state index contributed by atoms with van der Waals surface area (Å²) in [7, 11) is 0. The molecule has 0 saturated heterocycles. The number of amides is 2. The maximum Gasteiger partial charge on any atom is 0.272 e. The van der Waals surface area contributed by atoms with Crippen molar-refractivity contribution in [1.29, 1.82) is 0 Å². The highest BCUT2D eigenvalue weighted by Gasteiger charge is 2.40. The molecule has 0 N–H and O–H groups in total. The molecule has 1 aliphatic heterocycles. The van der Waals surface area contributed by atoms with Gasteiger partial charge in [-0.15, -0.1) is 0 Å². The average Bonchev–Trinajstić information content (AvgIpc) is 2.93. The molecule has 4 heteroatoms. The number of hydrogen-bond donors (Lipinski definition) is 0. The molecule has 0 unspecified atom stereocenters. The summed E-state index contributed by atoms with van der Waals surface area (Å²) in [5.41, 5.74) is 2.81. The molecule has 0 aromatic heterocycles. The zero-order valence-corrected chi connectivity index (χ0v) is 15.6. The molecule has 0 aliphatic carbocycles. The van der Waals surface area contributed by atoms with Crippen molar-refractivity contribution in [3.05, 3.63) is 101 Å². The molecule has 0 saturated carbocycles. The fourth-order valence-electron chi connectivity index (χ4n) is 3.07. The van der Waals surface area contributed by atoms with Gasteiger partial charge in [-0.05, 0) is 42.3 Å². The number of imide groups is 1. The van der Waals surface area contributed by atoms with Gasteiger partial charge in [0.05, 0.1) is 16.2 Å². The van der Waals surface area contributed by atoms with Crippen molar-refractivity contribution < 1.29 is 9.59 Å². The highest BCUT2D eigenvalue weighted by atomic mass is 32.2. The van der Waals surface area contributed by atoms with Crippen LogP contribution >= 0.6 is 11.8 Å². The predicted molar refractivity (Wildman–Crippen MR) is 109 cm³/mol. The Morgan fingerprint density at radius 1 is 0.741 bits per heavy atom. The lowest BCUT2D eigenvalue weighted by Gasteiger charge is -2.15. The van der Waals surface area contributed by atoms with Crippen LogP contribution in [-0.4, -0.2) is 11.8 Å². The van der Waals surface area contributed by atoms with Crippen LogP contribution in [-0.2, 0) is 9.59 Å². The first kappa shape index (κ1) is 17.3. The van der Waals surface area contributed by atoms with Crippen molar-refractivity contribution in [1.82, 2.24) is 0 Å². The van der Waals surface area contributed by atoms with Gasteiger partial charge in [0, 0.05) is 4.90 Å². The number of thioether (sulfide) groups is 1. The van der Waals surface area contributed by atoms with Crippen molar-refractivity contribution in [2.45, 2.75) is 11.8 Å². The van der Waals surface area contributed by atoms with Crippen LogP contribution in [0.4, 0.5) is 5.69 Å². The molecule has 4 rings (SSSR count). The quantitative estimate of drug-likeness (QED) is 0.601. The van der Waals surface area contributed by atoms with E-state index in [-0.39, 0.29) is 11.8 Å². The Morgan fingerprint density at radius 3 is 2.07 bits per heavy atom. The number of nitrogens with zero attached hydrogens (tertiary/aromatic N) is 1. The van der Waals surface area contributed by atoms with Crippen LogP contribution in [0.3, 0.4) is 0 Å². The highest BCUT2D eigenvalue weighted by Crippen LogP contribution is 2.41. The lowest BCUT2D eigenvalue weighted by atomic mass is 10.1. The molecule has 3 aromatic rings. The van der Waals surface area contributed by atoms with Gasteiger partial charge in [-0.2, -0.15) is 0 Å². The van der Waals surface area contributed by atoms with Crippen LogP contribution in [0.15, 0.2) is 94.7 Å². The molecule has 0 spiro atoms. The SMILES string of the molecule is Cc1cccc(N2C(=O)C(Sc3ccccc3)=C(c3ccccc3)C2=O)c1. The molecule has 2 amide bonds. The number of benzene rings is 3. The number of carbonyl (C=O) groups is 2. The summed E-state index contributed by atoms with van der Waals surface area (Å²) in [5.74, 6) is -0.562. The van der Waals surface area contributed by atoms with Gasteiger partial charge in [0.2, 0.25) is 0 Å². The Bertz CT molecular complexity index is 1040. The van der Waals surface area contributed by atoms with Gasteiger partial charge in [-0.1, -0.05) is 72.4 Å². The third kappa shape index (κ3) is 3.32. The van der Waals surface area contributed by atoms with Crippen molar-refractivity contribution in [2.75, 3.05) is 4.90 Å². The summed E-state index contributed by atoms with van der Waals surface area (Å²) < 4.78 is 0. The van der Waals surface area contributed by atoms with E-state index < -0.39 is 0 Å². The minimum Gasteiger partial charge on any atom is -0.268 e. The van der Waals surface area contributed by atoms with Crippen LogP contribution in [0.5, 0.6) is 0 Å². The van der Waals surface area contributed by atoms with Crippen molar-refractivity contribution >= 4 is 34.8 Å². The average molecular weight is 371 g/mol. The van der Waals surface area contributed by atoms with E-state index in [1.54, 1.807) is 6.07 Å². The van der Waals surface area contributed by atoms with Crippen molar-refractivity contribution in [3.8, 4) is 0 Å². The Hall–Kier alpha value is -3.11. The topological polar surface area (TPSA) is 37.4 Å². The molecule has 3 aromatic carbocycles. The van der Waals surface area contributed by atoms with Crippen LogP contribution in [0, 0.1) is 6.92 Å². The lowest BCUT2D eigenvalue weighted by molar-refractivity contribution is -0.119. The molecule has 27 heavy (non-hydrogen) atoms. The summed E-state index contributed by atoms with van der Waals surface area (Å²) in [6, 6.07) is 26.5. The first-order valence-electron chi connectivity index (χ1n) is 8.63. The molecule has 0 bridgehead atoms. The van der Waals surface area contributed by atoms with E-state index in [1.165, 1.54) is 16.7 Å². The second-order valence-electron chi connectivity index (χ2n) is 6.27. The minimum atomic E-state index is -0.282. The van der Waals surface area contributed by atoms with Crippen molar-refractivity contribution in [3.63, 3.8) is 0 Å². The minimum absolute atomic E-state index is 0.279. The first-order valence-corrected chi connectivity index (χ1v) is 9.45. The number of rotatable bonds is 4. The zero-order chi connectivity index (χ0) is 18.8. The molecule has 1 aliphatic rings. The molecular weight excluding hydrogens is 354 g/mol. The lowest BCUT2D eigenvalue weighted by Crippen LogP contribution is -2.31. The summed E-state index contributed by atoms with van der Waals surface area (Å²) in [5, 5.41) is 0. The largest absolute Gasteiger partial charge is 0.272 e. The smallest absolute Gasteiger partial charge is 0.268 e. The maximum atomic E-state index is 13.3. The number of anilines is 1. The van der Waals surface area contributed by atoms with E-state index in [9.17, 15) is 9.59 Å². The van der Waals surface area contributed by atoms with Gasteiger partial charge < -0.3 is 0 Å². The summed E-state index contributed by atoms with van der Waals surface area (Å²) in [6.45, 7) is 1.94. The normalized spacial score (nSPS) is 14.2. The summed E-state index contributed by atoms with van der Waals surface area (Å²) in [4.78, 5) is 29.2. The fourth-order valence-corrected chi connectivity index (χ4v) is 4.09. The molecular formula is C23H17NO2S. The van der Waals surface area contributed by atoms with Gasteiger partial charge in [-0.25, -0.2) is 4.90 Å². The summed E-state index contributed by atoms with van der Waals surface area (Å²) >= 11 is 1.34. The Kier molecular flexibility index (Phi) is 4.65. The maximum absolute atomic E-state index is 13.3. The molecule has 0 fully saturated rings. The number of carbonyl (C=O) groups excluding carboxylic acids is 2. The second-order valence-corrected chi connectivity index (χ2v) is 7.35. The zero-order valence-electron chi connectivity index (χ0n) is 14.8. The molecule has 0 radical (unpaired) electrons. The van der Waals surface area contributed by atoms with Gasteiger partial charge in [0.15, 0.2) is 0 Å². The molecule has 3 nitrogen and oxygen atoms in total. The van der Waals surface area contributed by atoms with E-state index in [2.05, 4.69) is 0 Å². The van der Waals surface area contributed by atoms with E-state index in [0.29, 0.717) is 16.2 Å². The Labute approximate surface area is 162 Å². The molecule has 0 atom stereocenters. The third-order valence-electron chi connectivity index (χ3n) is 4.33. The van der Waals surface area contributed by atoms with E-state index in [4.69, 9.17) is 0 Å². The van der Waals surface area contributed by atoms with Crippen LogP contribution in [0.1, 0.15) is 11.1 Å². The Morgan fingerprint density at radius 2 is 1.41 bits per heavy atom. The van der Waals surface area contributed by atoms with Crippen LogP contribution in [0.2, 0.25) is 0 Å². The predicted octanol–water partition coefficient (Wildman–Crippen LogP) is 5.07. The van der Waals surface area contributed by atoms with Gasteiger partial charge in [0.1, 0.15) is 0 Å². The summed E-state index contributed by atoms with van der Waals surface area (Å²) in [6.07, 6.45) is 0. The standard InChI is InChI=1S/C23H17NO2S/c1-16-9-8-12-18(15-16)24-22(25)20(17-10-4-2-5-11-17)21(23(24)26)27-19-13-6-3-7-14-19/h2-15H,1H3. The monoisotopic (exact) mass is 371 g/mol. The van der Waals surface area contributed by atoms with Crippen LogP contribution < -0.4 is 4.90 Å². The van der Waals surface area contributed by atoms with E-state index in [0.717, 1.165) is 16.0 Å². The third-order valence-corrected chi connectivity index (χ3v) is 5.42. The van der Waals surface area contributed by atoms with Gasteiger partial charge in [-0.3, -0.25) is 9.59 Å². The van der Waals surface area contributed by atoms with Gasteiger partial charge >= 0.3 is 0 Å². The molecule has 1 heterocycles. The number of aryl methyl sites for hydroxylation is 1. The highest BCUT2D eigenvalue weighted by molar-refractivity contribution is 8.04. The first-order chi connectivity index (χ1) is 13.1. The second kappa shape index (κ2) is 7.25. The Balaban J connectivity index is 1.83. The van der Waals surface area contributed by atoms with Crippen molar-refractivity contribution in [2.24, 2.45) is 0 Å². The fraction of sp³-hybridized carbons (Fsp3) is 0.0435. The van der Waals surface area contributed by atoms with Gasteiger partial charge in [0.25, 0.3) is 11.8 Å². The van der Waals surface area contributed by atoms with E-state index >= 15 is 0 Å². The van der Waals surface area contributed by atoms with E-state index in [1.807, 2.05) is 85.8 Å². The number of hydrogen-bond acceptors (Lipinski definition) is 3. The molecule has 132 valence electrons.